The Hall–Kier alpha value is -5.01. The first kappa shape index (κ1) is 78.1. The Morgan fingerprint density at radius 3 is 0.949 bits per heavy atom. The van der Waals surface area contributed by atoms with Crippen LogP contribution in [0.2, 0.25) is 0 Å². The van der Waals surface area contributed by atoms with Gasteiger partial charge in [0, 0.05) is 164 Å². The molecule has 26 heteroatoms. The van der Waals surface area contributed by atoms with Gasteiger partial charge in [-0.25, -0.2) is 14.4 Å². The number of nitrogens with zero attached hydrogens (tertiary/aromatic N) is 5. The fraction of sp³-hybridized carbons (Fsp3) is 0.767. The van der Waals surface area contributed by atoms with Crippen LogP contribution in [0.1, 0.15) is 65.5 Å². The van der Waals surface area contributed by atoms with Gasteiger partial charge in [0.25, 0.3) is 0 Å². The molecule has 0 aliphatic carbocycles. The summed E-state index contributed by atoms with van der Waals surface area (Å²) >= 11 is 0. The summed E-state index contributed by atoms with van der Waals surface area (Å²) in [5.41, 5.74) is 2.67. The van der Waals surface area contributed by atoms with E-state index >= 15 is 0 Å². The van der Waals surface area contributed by atoms with Crippen LogP contribution in [0.4, 0.5) is 14.4 Å². The van der Waals surface area contributed by atoms with E-state index in [4.69, 9.17) is 47.4 Å². The Labute approximate surface area is 584 Å². The summed E-state index contributed by atoms with van der Waals surface area (Å²) in [6.07, 6.45) is -1.17. The molecule has 0 saturated carbocycles. The zero-order valence-electron chi connectivity index (χ0n) is 59.1. The molecule has 0 radical (unpaired) electrons. The monoisotopic (exact) mass is 1390 g/mol. The summed E-state index contributed by atoms with van der Waals surface area (Å²) in [7, 11) is 0. The third kappa shape index (κ3) is 23.5. The quantitative estimate of drug-likeness (QED) is 0.216. The van der Waals surface area contributed by atoms with E-state index in [9.17, 15) is 49.5 Å². The summed E-state index contributed by atoms with van der Waals surface area (Å²) in [6.45, 7) is 30.1. The van der Waals surface area contributed by atoms with Crippen LogP contribution in [0, 0.1) is 71.0 Å². The zero-order chi connectivity index (χ0) is 70.5. The summed E-state index contributed by atoms with van der Waals surface area (Å²) in [6, 6.07) is 21.0. The molecule has 3 amide bonds. The molecule has 13 heterocycles. The van der Waals surface area contributed by atoms with E-state index in [-0.39, 0.29) is 114 Å². The highest BCUT2D eigenvalue weighted by molar-refractivity contribution is 5.85. The molecule has 12 unspecified atom stereocenters. The van der Waals surface area contributed by atoms with Gasteiger partial charge < -0.3 is 92.9 Å². The number of rotatable bonds is 7. The van der Waals surface area contributed by atoms with Crippen molar-refractivity contribution in [2.24, 2.45) is 71.0 Å². The number of hydrogen-bond acceptors (Lipinski definition) is 23. The molecule has 0 spiro atoms. The molecule has 2 aromatic carbocycles. The van der Waals surface area contributed by atoms with Gasteiger partial charge in [-0.15, -0.1) is 0 Å². The third-order valence-corrected chi connectivity index (χ3v) is 20.4. The molecular weight excluding hydrogens is 1280 g/mol. The van der Waals surface area contributed by atoms with Gasteiger partial charge in [-0.3, -0.25) is 19.4 Å². The van der Waals surface area contributed by atoms with E-state index < -0.39 is 0 Å². The first-order valence-electron chi connectivity index (χ1n) is 36.3. The molecule has 99 heavy (non-hydrogen) atoms. The van der Waals surface area contributed by atoms with Gasteiger partial charge in [0.2, 0.25) is 0 Å². The lowest BCUT2D eigenvalue weighted by molar-refractivity contribution is -0.145. The number of Topliss-reactive ketones (excluding diaryl/α,β-unsaturated/α-hetero) is 2. The number of ether oxygens (including phenoxy) is 10. The molecule has 12 atom stereocenters. The summed E-state index contributed by atoms with van der Waals surface area (Å²) in [5, 5.41) is 52.6. The van der Waals surface area contributed by atoms with Gasteiger partial charge >= 0.3 is 18.3 Å². The number of benzene rings is 2. The van der Waals surface area contributed by atoms with Gasteiger partial charge in [-0.2, -0.15) is 0 Å². The molecule has 13 saturated heterocycles. The van der Waals surface area contributed by atoms with Crippen molar-refractivity contribution in [3.8, 4) is 0 Å². The Morgan fingerprint density at radius 2 is 0.667 bits per heavy atom. The van der Waals surface area contributed by atoms with Crippen molar-refractivity contribution in [2.75, 3.05) is 171 Å². The minimum absolute atomic E-state index is 0.0345. The first-order valence-corrected chi connectivity index (χ1v) is 36.3. The smallest absolute Gasteiger partial charge is 0.410 e. The van der Waals surface area contributed by atoms with Crippen molar-refractivity contribution in [1.29, 1.82) is 0 Å². The lowest BCUT2D eigenvalue weighted by Gasteiger charge is -2.44. The first-order chi connectivity index (χ1) is 47.7. The van der Waals surface area contributed by atoms with Crippen molar-refractivity contribution >= 4 is 29.8 Å². The average Bonchev–Trinajstić information content (AvgIpc) is 0.851. The second-order valence-electron chi connectivity index (χ2n) is 29.8. The van der Waals surface area contributed by atoms with Crippen LogP contribution in [0.15, 0.2) is 60.7 Å². The van der Waals surface area contributed by atoms with E-state index in [1.54, 1.807) is 14.7 Å². The lowest BCUT2D eigenvalue weighted by atomic mass is 9.84. The standard InChI is InChI=1S/C14H19NO2.C14H17NO2.3C11H19NO4.C7H13NO2.C5H8O2/c2*16-14-12-7-15(8-13(14)10-17-9-12)6-11-4-2-1-3-5-11;3*1-7(2)16-11(14)12-3-8-5-15-6-9(4-12)10(8)13;9-7-5-1-8-2-6(7)4-10-3-5;6-5-1-3-7-4-2-5/h1-5,12-14,16H,6-10H2;1-5,12-13H,6-10H2;3*7-10,13H,3-6H2,1-2H3;5-9H,1-4H2;1-4H2. The number of amides is 3. The minimum Gasteiger partial charge on any atom is -0.447 e. The molecule has 13 aliphatic rings. The Balaban J connectivity index is 0.000000137. The number of hydrogen-bond donors (Lipinski definition) is 6. The maximum atomic E-state index is 11.9. The largest absolute Gasteiger partial charge is 0.447 e. The second kappa shape index (κ2) is 39.0. The Morgan fingerprint density at radius 1 is 0.394 bits per heavy atom. The maximum Gasteiger partial charge on any atom is 0.410 e. The van der Waals surface area contributed by atoms with Crippen LogP contribution < -0.4 is 5.32 Å². The van der Waals surface area contributed by atoms with Gasteiger partial charge in [0.15, 0.2) is 0 Å². The average molecular weight is 1400 g/mol. The Kier molecular flexibility index (Phi) is 30.8. The van der Waals surface area contributed by atoms with Crippen LogP contribution in [0.25, 0.3) is 0 Å². The van der Waals surface area contributed by atoms with E-state index in [0.29, 0.717) is 167 Å². The van der Waals surface area contributed by atoms with Crippen molar-refractivity contribution in [3.05, 3.63) is 71.8 Å². The van der Waals surface area contributed by atoms with E-state index in [1.165, 1.54) is 11.1 Å². The predicted molar refractivity (Wildman–Crippen MR) is 363 cm³/mol. The highest BCUT2D eigenvalue weighted by Gasteiger charge is 2.45. The number of piperidine rings is 6. The van der Waals surface area contributed by atoms with Crippen molar-refractivity contribution in [2.45, 2.75) is 116 Å². The Bertz CT molecular complexity index is 2550. The minimum atomic E-state index is -0.336. The normalized spacial score (nSPS) is 33.6. The van der Waals surface area contributed by atoms with Crippen LogP contribution in [0.5, 0.6) is 0 Å². The molecular formula is C73H114N6O20. The number of aliphatic hydroxyl groups is 5. The van der Waals surface area contributed by atoms with E-state index in [0.717, 1.165) is 65.6 Å². The molecule has 0 aromatic heterocycles. The van der Waals surface area contributed by atoms with Crippen LogP contribution in [0.3, 0.4) is 0 Å². The number of aliphatic hydroxyl groups excluding tert-OH is 5. The van der Waals surface area contributed by atoms with Crippen molar-refractivity contribution in [3.63, 3.8) is 0 Å². The number of ketones is 2. The number of nitrogens with one attached hydrogen (secondary N) is 1. The molecule has 13 aliphatic heterocycles. The van der Waals surface area contributed by atoms with Crippen molar-refractivity contribution in [1.82, 2.24) is 29.8 Å². The SMILES string of the molecule is CC(C)OC(=O)N1CC2COCC(C1)C2O.CC(C)OC(=O)N1CC2COCC(C1)C2O.CC(C)OC(=O)N1CC2COCC(C1)C2O.O=C1C2COCC1CN(Cc1ccccc1)C2.O=C1CCOCC1.OC1C2CNCC1COC2.OC1C2COCC1CN(Cc1ccccc1)C2. The maximum absolute atomic E-state index is 11.9. The molecule has 26 nitrogen and oxygen atoms in total. The van der Waals surface area contributed by atoms with Crippen LogP contribution >= 0.6 is 0 Å². The van der Waals surface area contributed by atoms with Crippen LogP contribution in [-0.2, 0) is 70.0 Å². The summed E-state index contributed by atoms with van der Waals surface area (Å²) < 4.78 is 52.8. The fourth-order valence-corrected chi connectivity index (χ4v) is 15.2. The zero-order valence-corrected chi connectivity index (χ0v) is 59.1. The van der Waals surface area contributed by atoms with Gasteiger partial charge in [0.05, 0.1) is 153 Å². The van der Waals surface area contributed by atoms with Crippen molar-refractivity contribution < 1.29 is 96.9 Å². The third-order valence-electron chi connectivity index (χ3n) is 20.4. The fourth-order valence-electron chi connectivity index (χ4n) is 15.2. The topological polar surface area (TPSA) is 307 Å². The predicted octanol–water partition coefficient (Wildman–Crippen LogP) is 3.45. The number of likely N-dealkylation sites (tertiary alicyclic amines) is 5. The van der Waals surface area contributed by atoms with Gasteiger partial charge in [-0.1, -0.05) is 60.7 Å². The lowest BCUT2D eigenvalue weighted by Crippen LogP contribution is -2.57. The van der Waals surface area contributed by atoms with Gasteiger partial charge in [-0.05, 0) is 52.7 Å². The molecule has 2 aromatic rings. The highest BCUT2D eigenvalue weighted by Crippen LogP contribution is 2.33. The molecule has 6 N–H and O–H groups in total. The highest BCUT2D eigenvalue weighted by atomic mass is 16.6. The summed E-state index contributed by atoms with van der Waals surface area (Å²) in [4.78, 5) is 67.3. The number of carbonyl (C=O) groups is 5. The summed E-state index contributed by atoms with van der Waals surface area (Å²) in [5.74, 6) is 2.44. The van der Waals surface area contributed by atoms with E-state index in [2.05, 4.69) is 63.6 Å². The van der Waals surface area contributed by atoms with Gasteiger partial charge in [0.1, 0.15) is 11.6 Å². The molecule has 556 valence electrons. The van der Waals surface area contributed by atoms with E-state index in [1.807, 2.05) is 53.7 Å². The number of carbonyl (C=O) groups excluding carboxylic acids is 5. The molecule has 13 fully saturated rings. The van der Waals surface area contributed by atoms with Crippen LogP contribution in [-0.4, -0.2) is 300 Å². The second-order valence-corrected chi connectivity index (χ2v) is 29.8. The molecule has 15 rings (SSSR count). The number of fused-ring (bicyclic) bond motifs is 12. The molecule has 12 bridgehead atoms.